The second-order valence-electron chi connectivity index (χ2n) is 5.27. The molecule has 3 nitrogen and oxygen atoms in total. The molecule has 0 fully saturated rings. The maximum Gasteiger partial charge on any atom is 0.180 e. The molecule has 0 amide bonds. The van der Waals surface area contributed by atoms with Gasteiger partial charge in [0.1, 0.15) is 5.75 Å². The number of carbonyl (C=O) groups is 1. The van der Waals surface area contributed by atoms with Crippen molar-refractivity contribution in [2.24, 2.45) is 5.73 Å². The topological polar surface area (TPSA) is 52.3 Å². The minimum atomic E-state index is -0.0870. The molecule has 0 aliphatic heterocycles. The fraction of sp³-hybridized carbons (Fsp3) is 0.500. The van der Waals surface area contributed by atoms with Gasteiger partial charge in [-0.1, -0.05) is 26.8 Å². The average molecular weight is 235 g/mol. The van der Waals surface area contributed by atoms with Gasteiger partial charge in [0.25, 0.3) is 0 Å². The summed E-state index contributed by atoms with van der Waals surface area (Å²) in [5.74, 6) is 0.564. The molecule has 0 bridgehead atoms. The van der Waals surface area contributed by atoms with Crippen LogP contribution in [-0.4, -0.2) is 19.4 Å². The Bertz CT molecular complexity index is 431. The molecular formula is C14H21NO2. The van der Waals surface area contributed by atoms with Crippen LogP contribution in [0.5, 0.6) is 5.75 Å². The first kappa shape index (κ1) is 13.7. The van der Waals surface area contributed by atoms with Gasteiger partial charge in [-0.25, -0.2) is 0 Å². The van der Waals surface area contributed by atoms with E-state index in [1.807, 2.05) is 13.0 Å². The summed E-state index contributed by atoms with van der Waals surface area (Å²) in [6.45, 7) is 8.27. The fourth-order valence-electron chi connectivity index (χ4n) is 1.87. The van der Waals surface area contributed by atoms with Crippen molar-refractivity contribution in [3.63, 3.8) is 0 Å². The summed E-state index contributed by atoms with van der Waals surface area (Å²) in [6, 6.07) is 3.90. The van der Waals surface area contributed by atoms with Crippen LogP contribution in [0.1, 0.15) is 42.3 Å². The Morgan fingerprint density at radius 3 is 2.35 bits per heavy atom. The highest BCUT2D eigenvalue weighted by Gasteiger charge is 2.23. The smallest absolute Gasteiger partial charge is 0.180 e. The van der Waals surface area contributed by atoms with Crippen LogP contribution in [0.4, 0.5) is 0 Å². The largest absolute Gasteiger partial charge is 0.496 e. The average Bonchev–Trinajstić information content (AvgIpc) is 2.25. The zero-order chi connectivity index (χ0) is 13.2. The van der Waals surface area contributed by atoms with Gasteiger partial charge in [0.05, 0.1) is 19.2 Å². The highest BCUT2D eigenvalue weighted by molar-refractivity contribution is 6.00. The molecule has 94 valence electrons. The lowest BCUT2D eigenvalue weighted by Gasteiger charge is -2.24. The van der Waals surface area contributed by atoms with Gasteiger partial charge in [-0.15, -0.1) is 0 Å². The number of Topliss-reactive ketones (excluding diaryl/α,β-unsaturated/α-hetero) is 1. The lowest BCUT2D eigenvalue weighted by molar-refractivity contribution is 0.0998. The van der Waals surface area contributed by atoms with Gasteiger partial charge < -0.3 is 10.5 Å². The second-order valence-corrected chi connectivity index (χ2v) is 5.27. The van der Waals surface area contributed by atoms with E-state index in [0.717, 1.165) is 11.1 Å². The van der Waals surface area contributed by atoms with Crippen LogP contribution in [0.3, 0.4) is 0 Å². The van der Waals surface area contributed by atoms with Crippen molar-refractivity contribution in [1.82, 2.24) is 0 Å². The third-order valence-electron chi connectivity index (χ3n) is 2.73. The first-order valence-corrected chi connectivity index (χ1v) is 5.73. The van der Waals surface area contributed by atoms with Crippen LogP contribution < -0.4 is 10.5 Å². The molecule has 1 aromatic rings. The van der Waals surface area contributed by atoms with Gasteiger partial charge in [0.15, 0.2) is 5.78 Å². The van der Waals surface area contributed by atoms with E-state index in [1.54, 1.807) is 7.11 Å². The predicted octanol–water partition coefficient (Wildman–Crippen LogP) is 2.44. The van der Waals surface area contributed by atoms with Gasteiger partial charge in [-0.05, 0) is 24.0 Å². The van der Waals surface area contributed by atoms with Gasteiger partial charge in [-0.3, -0.25) is 4.79 Å². The van der Waals surface area contributed by atoms with Crippen molar-refractivity contribution in [3.8, 4) is 5.75 Å². The molecule has 0 unspecified atom stereocenters. The van der Waals surface area contributed by atoms with Crippen molar-refractivity contribution in [2.45, 2.75) is 33.1 Å². The summed E-state index contributed by atoms with van der Waals surface area (Å²) < 4.78 is 5.40. The molecule has 0 aliphatic carbocycles. The monoisotopic (exact) mass is 235 g/mol. The lowest BCUT2D eigenvalue weighted by Crippen LogP contribution is -2.19. The number of nitrogens with two attached hydrogens (primary N) is 1. The van der Waals surface area contributed by atoms with Crippen LogP contribution in [0.25, 0.3) is 0 Å². The number of carbonyl (C=O) groups excluding carboxylic acids is 1. The maximum atomic E-state index is 11.8. The molecule has 0 atom stereocenters. The highest BCUT2D eigenvalue weighted by atomic mass is 16.5. The van der Waals surface area contributed by atoms with Crippen molar-refractivity contribution in [2.75, 3.05) is 13.7 Å². The summed E-state index contributed by atoms with van der Waals surface area (Å²) in [7, 11) is 1.59. The molecule has 3 heteroatoms. The Balaban J connectivity index is 3.52. The van der Waals surface area contributed by atoms with E-state index in [9.17, 15) is 4.79 Å². The zero-order valence-electron chi connectivity index (χ0n) is 11.3. The molecule has 17 heavy (non-hydrogen) atoms. The molecule has 0 heterocycles. The summed E-state index contributed by atoms with van der Waals surface area (Å²) in [5.41, 5.74) is 8.03. The van der Waals surface area contributed by atoms with Gasteiger partial charge >= 0.3 is 0 Å². The zero-order valence-corrected chi connectivity index (χ0v) is 11.3. The van der Waals surface area contributed by atoms with Crippen LogP contribution in [0.15, 0.2) is 12.1 Å². The number of hydrogen-bond donors (Lipinski definition) is 1. The first-order chi connectivity index (χ1) is 7.81. The van der Waals surface area contributed by atoms with Crippen molar-refractivity contribution < 1.29 is 9.53 Å². The summed E-state index contributed by atoms with van der Waals surface area (Å²) in [6.07, 6.45) is 0. The Labute approximate surface area is 103 Å². The first-order valence-electron chi connectivity index (χ1n) is 5.73. The van der Waals surface area contributed by atoms with Gasteiger partial charge in [0.2, 0.25) is 0 Å². The molecular weight excluding hydrogens is 214 g/mol. The standard InChI is InChI=1S/C14H21NO2/c1-9-6-10(12(16)8-15)13(17-5)11(7-9)14(2,3)4/h6-7H,8,15H2,1-5H3. The number of aryl methyl sites for hydroxylation is 1. The SMILES string of the molecule is COc1c(C(=O)CN)cc(C)cc1C(C)(C)C. The van der Waals surface area contributed by atoms with Crippen LogP contribution in [0.2, 0.25) is 0 Å². The molecule has 0 aliphatic rings. The van der Waals surface area contributed by atoms with E-state index in [2.05, 4.69) is 26.8 Å². The number of ether oxygens (including phenoxy) is 1. The van der Waals surface area contributed by atoms with Gasteiger partial charge in [0, 0.05) is 5.56 Å². The van der Waals surface area contributed by atoms with Gasteiger partial charge in [-0.2, -0.15) is 0 Å². The van der Waals surface area contributed by atoms with Crippen molar-refractivity contribution in [3.05, 3.63) is 28.8 Å². The fourth-order valence-corrected chi connectivity index (χ4v) is 1.87. The quantitative estimate of drug-likeness (QED) is 0.819. The summed E-state index contributed by atoms with van der Waals surface area (Å²) >= 11 is 0. The molecule has 1 aromatic carbocycles. The van der Waals surface area contributed by atoms with E-state index in [0.29, 0.717) is 11.3 Å². The minimum Gasteiger partial charge on any atom is -0.496 e. The predicted molar refractivity (Wildman–Crippen MR) is 69.8 cm³/mol. The molecule has 2 N–H and O–H groups in total. The Kier molecular flexibility index (Phi) is 3.94. The summed E-state index contributed by atoms with van der Waals surface area (Å²) in [5, 5.41) is 0. The summed E-state index contributed by atoms with van der Waals surface area (Å²) in [4.78, 5) is 11.8. The van der Waals surface area contributed by atoms with E-state index in [4.69, 9.17) is 10.5 Å². The van der Waals surface area contributed by atoms with E-state index >= 15 is 0 Å². The van der Waals surface area contributed by atoms with E-state index < -0.39 is 0 Å². The Hall–Kier alpha value is -1.35. The minimum absolute atomic E-state index is 0.00337. The number of benzene rings is 1. The molecule has 0 aromatic heterocycles. The molecule has 1 rings (SSSR count). The normalized spacial score (nSPS) is 11.4. The highest BCUT2D eigenvalue weighted by Crippen LogP contribution is 2.35. The van der Waals surface area contributed by atoms with Crippen LogP contribution in [0, 0.1) is 6.92 Å². The second kappa shape index (κ2) is 4.88. The maximum absolute atomic E-state index is 11.8. The van der Waals surface area contributed by atoms with Crippen molar-refractivity contribution in [1.29, 1.82) is 0 Å². The van der Waals surface area contributed by atoms with Crippen molar-refractivity contribution >= 4 is 5.78 Å². The Morgan fingerprint density at radius 2 is 1.94 bits per heavy atom. The lowest BCUT2D eigenvalue weighted by atomic mass is 9.83. The number of methoxy groups -OCH3 is 1. The third-order valence-corrected chi connectivity index (χ3v) is 2.73. The Morgan fingerprint density at radius 1 is 1.35 bits per heavy atom. The van der Waals surface area contributed by atoms with E-state index in [-0.39, 0.29) is 17.7 Å². The molecule has 0 saturated carbocycles. The molecule has 0 radical (unpaired) electrons. The number of rotatable bonds is 3. The van der Waals surface area contributed by atoms with E-state index in [1.165, 1.54) is 0 Å². The van der Waals surface area contributed by atoms with Crippen LogP contribution >= 0.6 is 0 Å². The number of hydrogen-bond acceptors (Lipinski definition) is 3. The van der Waals surface area contributed by atoms with Crippen LogP contribution in [-0.2, 0) is 5.41 Å². The molecule has 0 spiro atoms. The number of ketones is 1. The molecule has 0 saturated heterocycles. The third kappa shape index (κ3) is 2.86.